The third-order valence-electron chi connectivity index (χ3n) is 3.09. The summed E-state index contributed by atoms with van der Waals surface area (Å²) in [5.74, 6) is -0.755. The fraction of sp³-hybridized carbons (Fsp3) is 0.333. The molecule has 1 aromatic rings. The molecule has 5 heteroatoms. The van der Waals surface area contributed by atoms with E-state index in [4.69, 9.17) is 4.74 Å². The van der Waals surface area contributed by atoms with Gasteiger partial charge < -0.3 is 10.1 Å². The standard InChI is InChI=1S/C15H16FNO3/c1-2-20-15(19)13-8-11(9-17-13)14(18)7-10-3-5-12(16)6-4-10/h3-6,9,13,17H,2,7-8H2,1H3. The number of carbonyl (C=O) groups is 2. The molecule has 20 heavy (non-hydrogen) atoms. The molecule has 0 spiro atoms. The summed E-state index contributed by atoms with van der Waals surface area (Å²) in [5, 5.41) is 2.85. The molecule has 1 unspecified atom stereocenters. The molecule has 0 bridgehead atoms. The van der Waals surface area contributed by atoms with Crippen LogP contribution in [-0.2, 0) is 20.7 Å². The lowest BCUT2D eigenvalue weighted by atomic mass is 10.0. The second-order valence-corrected chi connectivity index (χ2v) is 4.57. The Morgan fingerprint density at radius 1 is 1.35 bits per heavy atom. The number of nitrogens with one attached hydrogen (secondary N) is 1. The first-order valence-corrected chi connectivity index (χ1v) is 6.49. The molecule has 0 saturated carbocycles. The summed E-state index contributed by atoms with van der Waals surface area (Å²) in [4.78, 5) is 23.6. The van der Waals surface area contributed by atoms with Gasteiger partial charge in [-0.05, 0) is 24.6 Å². The van der Waals surface area contributed by atoms with Crippen LogP contribution in [0.5, 0.6) is 0 Å². The molecule has 106 valence electrons. The van der Waals surface area contributed by atoms with Crippen molar-refractivity contribution in [2.75, 3.05) is 6.61 Å². The van der Waals surface area contributed by atoms with E-state index < -0.39 is 6.04 Å². The minimum Gasteiger partial charge on any atom is -0.464 e. The first-order chi connectivity index (χ1) is 9.60. The molecule has 1 aromatic carbocycles. The number of hydrogen-bond donors (Lipinski definition) is 1. The van der Waals surface area contributed by atoms with E-state index in [1.54, 1.807) is 25.3 Å². The van der Waals surface area contributed by atoms with Crippen molar-refractivity contribution < 1.29 is 18.7 Å². The zero-order chi connectivity index (χ0) is 14.5. The average Bonchev–Trinajstić information content (AvgIpc) is 2.91. The molecule has 1 atom stereocenters. The van der Waals surface area contributed by atoms with Crippen LogP contribution in [-0.4, -0.2) is 24.4 Å². The van der Waals surface area contributed by atoms with Crippen LogP contribution in [0, 0.1) is 5.82 Å². The highest BCUT2D eigenvalue weighted by Crippen LogP contribution is 2.17. The number of ketones is 1. The van der Waals surface area contributed by atoms with Gasteiger partial charge in [0.15, 0.2) is 5.78 Å². The maximum absolute atomic E-state index is 12.8. The number of ether oxygens (including phenoxy) is 1. The van der Waals surface area contributed by atoms with E-state index in [0.29, 0.717) is 18.6 Å². The molecule has 0 radical (unpaired) electrons. The van der Waals surface area contributed by atoms with E-state index in [2.05, 4.69) is 5.32 Å². The topological polar surface area (TPSA) is 55.4 Å². The van der Waals surface area contributed by atoms with Crippen LogP contribution in [0.25, 0.3) is 0 Å². The van der Waals surface area contributed by atoms with Gasteiger partial charge in [-0.1, -0.05) is 12.1 Å². The molecule has 4 nitrogen and oxygen atoms in total. The highest BCUT2D eigenvalue weighted by Gasteiger charge is 2.27. The zero-order valence-corrected chi connectivity index (χ0v) is 11.2. The summed E-state index contributed by atoms with van der Waals surface area (Å²) in [6, 6.07) is 5.33. The van der Waals surface area contributed by atoms with Gasteiger partial charge in [0.05, 0.1) is 6.61 Å². The van der Waals surface area contributed by atoms with Gasteiger partial charge in [-0.15, -0.1) is 0 Å². The number of rotatable bonds is 5. The third kappa shape index (κ3) is 3.44. The maximum atomic E-state index is 12.8. The number of Topliss-reactive ketones (excluding diaryl/α,β-unsaturated/α-hetero) is 1. The molecule has 1 N–H and O–H groups in total. The summed E-state index contributed by atoms with van der Waals surface area (Å²) in [5.41, 5.74) is 1.31. The first kappa shape index (κ1) is 14.2. The molecule has 0 fully saturated rings. The Morgan fingerprint density at radius 3 is 2.70 bits per heavy atom. The van der Waals surface area contributed by atoms with E-state index in [9.17, 15) is 14.0 Å². The molecular weight excluding hydrogens is 261 g/mol. The Bertz CT molecular complexity index is 537. The summed E-state index contributed by atoms with van der Waals surface area (Å²) in [6.45, 7) is 2.05. The molecule has 0 amide bonds. The van der Waals surface area contributed by atoms with Crippen molar-refractivity contribution in [3.05, 3.63) is 47.4 Å². The van der Waals surface area contributed by atoms with Gasteiger partial charge in [0.1, 0.15) is 11.9 Å². The van der Waals surface area contributed by atoms with E-state index >= 15 is 0 Å². The second kappa shape index (κ2) is 6.32. The van der Waals surface area contributed by atoms with Gasteiger partial charge in [0.25, 0.3) is 0 Å². The number of halogens is 1. The van der Waals surface area contributed by atoms with E-state index in [1.165, 1.54) is 12.1 Å². The highest BCUT2D eigenvalue weighted by atomic mass is 19.1. The van der Waals surface area contributed by atoms with Crippen LogP contribution >= 0.6 is 0 Å². The van der Waals surface area contributed by atoms with Crippen LogP contribution in [0.2, 0.25) is 0 Å². The van der Waals surface area contributed by atoms with Crippen molar-refractivity contribution in [1.82, 2.24) is 5.32 Å². The molecular formula is C15H16FNO3. The Balaban J connectivity index is 1.91. The SMILES string of the molecule is CCOC(=O)C1CC(C(=O)Cc2ccc(F)cc2)=CN1. The Labute approximate surface area is 116 Å². The Morgan fingerprint density at radius 2 is 2.05 bits per heavy atom. The molecule has 2 rings (SSSR count). The van der Waals surface area contributed by atoms with Crippen LogP contribution in [0.1, 0.15) is 18.9 Å². The lowest BCUT2D eigenvalue weighted by Crippen LogP contribution is -2.31. The minimum absolute atomic E-state index is 0.0732. The van der Waals surface area contributed by atoms with Crippen molar-refractivity contribution >= 4 is 11.8 Å². The van der Waals surface area contributed by atoms with Gasteiger partial charge >= 0.3 is 5.97 Å². The van der Waals surface area contributed by atoms with Crippen LogP contribution in [0.4, 0.5) is 4.39 Å². The fourth-order valence-electron chi connectivity index (χ4n) is 2.03. The summed E-state index contributed by atoms with van der Waals surface area (Å²) < 4.78 is 17.7. The predicted molar refractivity (Wildman–Crippen MR) is 71.4 cm³/mol. The summed E-state index contributed by atoms with van der Waals surface area (Å²) in [6.07, 6.45) is 2.09. The monoisotopic (exact) mass is 277 g/mol. The van der Waals surface area contributed by atoms with Gasteiger partial charge in [-0.3, -0.25) is 4.79 Å². The van der Waals surface area contributed by atoms with Crippen LogP contribution < -0.4 is 5.32 Å². The van der Waals surface area contributed by atoms with Crippen molar-refractivity contribution in [3.8, 4) is 0 Å². The maximum Gasteiger partial charge on any atom is 0.328 e. The average molecular weight is 277 g/mol. The number of carbonyl (C=O) groups excluding carboxylic acids is 2. The molecule has 0 aliphatic carbocycles. The summed E-state index contributed by atoms with van der Waals surface area (Å²) in [7, 11) is 0. The van der Waals surface area contributed by atoms with E-state index in [0.717, 1.165) is 5.56 Å². The first-order valence-electron chi connectivity index (χ1n) is 6.49. The predicted octanol–water partition coefficient (Wildman–Crippen LogP) is 1.75. The molecule has 1 aliphatic heterocycles. The quantitative estimate of drug-likeness (QED) is 0.833. The summed E-state index contributed by atoms with van der Waals surface area (Å²) >= 11 is 0. The molecule has 0 aromatic heterocycles. The molecule has 1 aliphatic rings. The normalized spacial score (nSPS) is 17.3. The number of hydrogen-bond acceptors (Lipinski definition) is 4. The Hall–Kier alpha value is -2.17. The van der Waals surface area contributed by atoms with Crippen molar-refractivity contribution in [2.24, 2.45) is 0 Å². The molecule has 0 saturated heterocycles. The Kier molecular flexibility index (Phi) is 4.50. The van der Waals surface area contributed by atoms with Gasteiger partial charge in [0.2, 0.25) is 0 Å². The third-order valence-corrected chi connectivity index (χ3v) is 3.09. The van der Waals surface area contributed by atoms with Gasteiger partial charge in [0, 0.05) is 24.6 Å². The fourth-order valence-corrected chi connectivity index (χ4v) is 2.03. The number of benzene rings is 1. The minimum atomic E-state index is -0.484. The van der Waals surface area contributed by atoms with Crippen LogP contribution in [0.3, 0.4) is 0 Å². The zero-order valence-electron chi connectivity index (χ0n) is 11.2. The lowest BCUT2D eigenvalue weighted by molar-refractivity contribution is -0.145. The van der Waals surface area contributed by atoms with Crippen molar-refractivity contribution in [3.63, 3.8) is 0 Å². The largest absolute Gasteiger partial charge is 0.464 e. The number of esters is 1. The van der Waals surface area contributed by atoms with E-state index in [-0.39, 0.29) is 24.0 Å². The van der Waals surface area contributed by atoms with Crippen LogP contribution in [0.15, 0.2) is 36.0 Å². The van der Waals surface area contributed by atoms with Crippen molar-refractivity contribution in [1.29, 1.82) is 0 Å². The van der Waals surface area contributed by atoms with Gasteiger partial charge in [-0.25, -0.2) is 9.18 Å². The van der Waals surface area contributed by atoms with Crippen molar-refractivity contribution in [2.45, 2.75) is 25.8 Å². The smallest absolute Gasteiger partial charge is 0.328 e. The lowest BCUT2D eigenvalue weighted by Gasteiger charge is -2.09. The van der Waals surface area contributed by atoms with E-state index in [1.807, 2.05) is 0 Å². The highest BCUT2D eigenvalue weighted by molar-refractivity contribution is 5.98. The molecule has 1 heterocycles. The van der Waals surface area contributed by atoms with Gasteiger partial charge in [-0.2, -0.15) is 0 Å². The second-order valence-electron chi connectivity index (χ2n) is 4.57.